The molecule has 0 atom stereocenters. The number of morpholine rings is 1. The largest absolute Gasteiger partial charge is 0.379 e. The molecule has 0 unspecified atom stereocenters. The summed E-state index contributed by atoms with van der Waals surface area (Å²) in [6, 6.07) is 6.12. The number of sulfonamides is 1. The van der Waals surface area contributed by atoms with Gasteiger partial charge in [-0.2, -0.15) is 4.31 Å². The highest BCUT2D eigenvalue weighted by Crippen LogP contribution is 2.22. The van der Waals surface area contributed by atoms with Crippen LogP contribution >= 0.6 is 0 Å². The first kappa shape index (κ1) is 18.8. The second-order valence-electron chi connectivity index (χ2n) is 6.51. The van der Waals surface area contributed by atoms with Crippen LogP contribution in [0.4, 0.5) is 0 Å². The maximum atomic E-state index is 12.8. The second kappa shape index (κ2) is 7.73. The highest BCUT2D eigenvalue weighted by atomic mass is 32.2. The molecule has 1 aromatic carbocycles. The number of benzene rings is 1. The van der Waals surface area contributed by atoms with Crippen LogP contribution in [0.1, 0.15) is 23.2 Å². The van der Waals surface area contributed by atoms with Gasteiger partial charge in [0.2, 0.25) is 15.9 Å². The van der Waals surface area contributed by atoms with Crippen molar-refractivity contribution in [3.8, 4) is 0 Å². The van der Waals surface area contributed by atoms with Crippen LogP contribution in [-0.2, 0) is 19.6 Å². The fraction of sp³-hybridized carbons (Fsp3) is 0.529. The number of rotatable bonds is 4. The number of piperidine rings is 1. The molecule has 3 rings (SSSR count). The highest BCUT2D eigenvalue weighted by Gasteiger charge is 2.29. The Morgan fingerprint density at radius 1 is 1.08 bits per heavy atom. The molecular weight excluding hydrogens is 358 g/mol. The monoisotopic (exact) mass is 381 g/mol. The summed E-state index contributed by atoms with van der Waals surface area (Å²) in [7, 11) is -3.65. The third kappa shape index (κ3) is 3.89. The lowest BCUT2D eigenvalue weighted by atomic mass is 9.96. The molecule has 0 saturated carbocycles. The molecule has 0 spiro atoms. The van der Waals surface area contributed by atoms with Crippen molar-refractivity contribution in [2.75, 3.05) is 39.4 Å². The Bertz CT molecular complexity index is 781. The molecule has 2 fully saturated rings. The molecule has 1 aromatic rings. The molecule has 2 aliphatic rings. The molecule has 0 bridgehead atoms. The molecule has 2 amide bonds. The van der Waals surface area contributed by atoms with E-state index < -0.39 is 10.0 Å². The first-order chi connectivity index (χ1) is 12.4. The topological polar surface area (TPSA) is 110 Å². The Balaban J connectivity index is 1.75. The lowest BCUT2D eigenvalue weighted by Gasteiger charge is -2.31. The lowest BCUT2D eigenvalue weighted by Crippen LogP contribution is -2.42. The number of hydrogen-bond acceptors (Lipinski definition) is 5. The summed E-state index contributed by atoms with van der Waals surface area (Å²) >= 11 is 0. The molecule has 0 aromatic heterocycles. The predicted molar refractivity (Wildman–Crippen MR) is 93.8 cm³/mol. The van der Waals surface area contributed by atoms with Crippen LogP contribution in [0.15, 0.2) is 29.2 Å². The van der Waals surface area contributed by atoms with Crippen LogP contribution in [0.5, 0.6) is 0 Å². The summed E-state index contributed by atoms with van der Waals surface area (Å²) in [6.07, 6.45) is 1.07. The van der Waals surface area contributed by atoms with Crippen molar-refractivity contribution >= 4 is 21.8 Å². The van der Waals surface area contributed by atoms with Gasteiger partial charge in [-0.15, -0.1) is 0 Å². The molecule has 2 N–H and O–H groups in total. The Morgan fingerprint density at radius 2 is 1.73 bits per heavy atom. The van der Waals surface area contributed by atoms with Gasteiger partial charge in [0, 0.05) is 37.7 Å². The van der Waals surface area contributed by atoms with Crippen LogP contribution < -0.4 is 5.73 Å². The van der Waals surface area contributed by atoms with Crippen molar-refractivity contribution in [2.45, 2.75) is 17.7 Å². The van der Waals surface area contributed by atoms with Crippen LogP contribution in [0.3, 0.4) is 0 Å². The van der Waals surface area contributed by atoms with Crippen LogP contribution in [0.2, 0.25) is 0 Å². The summed E-state index contributed by atoms with van der Waals surface area (Å²) in [5, 5.41) is 0. The van der Waals surface area contributed by atoms with Crippen molar-refractivity contribution in [2.24, 2.45) is 11.7 Å². The maximum absolute atomic E-state index is 12.8. The summed E-state index contributed by atoms with van der Waals surface area (Å²) in [5.74, 6) is -0.769. The molecule has 142 valence electrons. The van der Waals surface area contributed by atoms with Crippen molar-refractivity contribution in [3.63, 3.8) is 0 Å². The SMILES string of the molecule is NC(=O)C1CCN(C(=O)c2cccc(S(=O)(=O)N3CCOCC3)c2)CC1. The van der Waals surface area contributed by atoms with Crippen LogP contribution in [0, 0.1) is 5.92 Å². The summed E-state index contributed by atoms with van der Waals surface area (Å²) in [6.45, 7) is 2.22. The first-order valence-electron chi connectivity index (χ1n) is 8.66. The van der Waals surface area contributed by atoms with Crippen molar-refractivity contribution in [1.82, 2.24) is 9.21 Å². The zero-order chi connectivity index (χ0) is 18.7. The van der Waals surface area contributed by atoms with Crippen LogP contribution in [-0.4, -0.2) is 68.8 Å². The number of primary amides is 1. The average molecular weight is 381 g/mol. The van der Waals surface area contributed by atoms with Gasteiger partial charge in [0.05, 0.1) is 18.1 Å². The number of carbonyl (C=O) groups excluding carboxylic acids is 2. The van der Waals surface area contributed by atoms with Crippen LogP contribution in [0.25, 0.3) is 0 Å². The minimum atomic E-state index is -3.65. The zero-order valence-electron chi connectivity index (χ0n) is 14.5. The number of ether oxygens (including phenoxy) is 1. The van der Waals surface area contributed by atoms with E-state index >= 15 is 0 Å². The lowest BCUT2D eigenvalue weighted by molar-refractivity contribution is -0.123. The second-order valence-corrected chi connectivity index (χ2v) is 8.45. The summed E-state index contributed by atoms with van der Waals surface area (Å²) < 4.78 is 32.1. The Hall–Kier alpha value is -1.97. The number of nitrogens with zero attached hydrogens (tertiary/aromatic N) is 2. The van der Waals surface area contributed by atoms with E-state index in [2.05, 4.69) is 0 Å². The number of amides is 2. The number of carbonyl (C=O) groups is 2. The zero-order valence-corrected chi connectivity index (χ0v) is 15.3. The molecular formula is C17H23N3O5S. The van der Waals surface area contributed by atoms with Gasteiger partial charge in [-0.05, 0) is 31.0 Å². The Kier molecular flexibility index (Phi) is 5.59. The van der Waals surface area contributed by atoms with E-state index in [1.54, 1.807) is 17.0 Å². The molecule has 2 heterocycles. The minimum Gasteiger partial charge on any atom is -0.379 e. The van der Waals surface area contributed by atoms with Gasteiger partial charge in [0.15, 0.2) is 0 Å². The fourth-order valence-corrected chi connectivity index (χ4v) is 4.73. The van der Waals surface area contributed by atoms with E-state index in [9.17, 15) is 18.0 Å². The van der Waals surface area contributed by atoms with E-state index in [-0.39, 0.29) is 22.6 Å². The van der Waals surface area contributed by atoms with E-state index in [0.717, 1.165) is 0 Å². The van der Waals surface area contributed by atoms with Crippen molar-refractivity contribution in [1.29, 1.82) is 0 Å². The minimum absolute atomic E-state index is 0.109. The average Bonchev–Trinajstić information content (AvgIpc) is 2.68. The normalized spacial score (nSPS) is 20.1. The van der Waals surface area contributed by atoms with Gasteiger partial charge in [-0.25, -0.2) is 8.42 Å². The third-order valence-electron chi connectivity index (χ3n) is 4.87. The molecule has 2 aliphatic heterocycles. The summed E-state index contributed by atoms with van der Waals surface area (Å²) in [5.41, 5.74) is 5.65. The number of nitrogens with two attached hydrogens (primary N) is 1. The van der Waals surface area contributed by atoms with Gasteiger partial charge in [0.1, 0.15) is 0 Å². The fourth-order valence-electron chi connectivity index (χ4n) is 3.28. The third-order valence-corrected chi connectivity index (χ3v) is 6.77. The van der Waals surface area contributed by atoms with E-state index in [0.29, 0.717) is 57.8 Å². The first-order valence-corrected chi connectivity index (χ1v) is 10.1. The molecule has 8 nitrogen and oxygen atoms in total. The van der Waals surface area contributed by atoms with E-state index in [1.807, 2.05) is 0 Å². The number of hydrogen-bond donors (Lipinski definition) is 1. The summed E-state index contributed by atoms with van der Waals surface area (Å²) in [4.78, 5) is 25.7. The quantitative estimate of drug-likeness (QED) is 0.792. The predicted octanol–water partition coefficient (Wildman–Crippen LogP) is 0.0450. The molecule has 2 saturated heterocycles. The molecule has 9 heteroatoms. The standard InChI is InChI=1S/C17H23N3O5S/c18-16(21)13-4-6-19(7-5-13)17(22)14-2-1-3-15(12-14)26(23,24)20-8-10-25-11-9-20/h1-3,12-13H,4-11H2,(H2,18,21). The van der Waals surface area contributed by atoms with Crippen molar-refractivity contribution in [3.05, 3.63) is 29.8 Å². The van der Waals surface area contributed by atoms with Gasteiger partial charge < -0.3 is 15.4 Å². The Labute approximate surface area is 152 Å². The van der Waals surface area contributed by atoms with E-state index in [4.69, 9.17) is 10.5 Å². The molecule has 0 radical (unpaired) electrons. The van der Waals surface area contributed by atoms with E-state index in [1.165, 1.54) is 16.4 Å². The molecule has 0 aliphatic carbocycles. The number of likely N-dealkylation sites (tertiary alicyclic amines) is 1. The molecule has 26 heavy (non-hydrogen) atoms. The smallest absolute Gasteiger partial charge is 0.253 e. The Morgan fingerprint density at radius 3 is 2.35 bits per heavy atom. The van der Waals surface area contributed by atoms with Gasteiger partial charge in [-0.3, -0.25) is 9.59 Å². The van der Waals surface area contributed by atoms with Crippen molar-refractivity contribution < 1.29 is 22.7 Å². The van der Waals surface area contributed by atoms with Gasteiger partial charge >= 0.3 is 0 Å². The highest BCUT2D eigenvalue weighted by molar-refractivity contribution is 7.89. The van der Waals surface area contributed by atoms with Gasteiger partial charge in [-0.1, -0.05) is 6.07 Å². The maximum Gasteiger partial charge on any atom is 0.253 e. The van der Waals surface area contributed by atoms with Gasteiger partial charge in [0.25, 0.3) is 5.91 Å².